The van der Waals surface area contributed by atoms with Crippen LogP contribution in [0.15, 0.2) is 0 Å². The maximum Gasteiger partial charge on any atom is 0.220 e. The molecule has 1 amide bonds. The molecule has 3 unspecified atom stereocenters. The molecule has 0 spiro atoms. The standard InChI is InChI=1S/C13H25N3O/c1-10(14)4-5-13(17)15-11-6-8-16-7-2-3-12(16)9-11/h10-12H,2-9,14H2,1H3,(H,15,17). The Hall–Kier alpha value is -0.610. The van der Waals surface area contributed by atoms with Gasteiger partial charge in [0.2, 0.25) is 5.91 Å². The number of nitrogens with one attached hydrogen (secondary N) is 1. The number of nitrogens with two attached hydrogens (primary N) is 1. The van der Waals surface area contributed by atoms with E-state index in [-0.39, 0.29) is 11.9 Å². The summed E-state index contributed by atoms with van der Waals surface area (Å²) in [5.41, 5.74) is 5.66. The van der Waals surface area contributed by atoms with Gasteiger partial charge in [-0.25, -0.2) is 0 Å². The topological polar surface area (TPSA) is 58.4 Å². The molecular weight excluding hydrogens is 214 g/mol. The number of carbonyl (C=O) groups is 1. The summed E-state index contributed by atoms with van der Waals surface area (Å²) in [5.74, 6) is 0.179. The number of piperidine rings is 1. The zero-order valence-corrected chi connectivity index (χ0v) is 10.8. The highest BCUT2D eigenvalue weighted by Crippen LogP contribution is 2.26. The quantitative estimate of drug-likeness (QED) is 0.765. The molecule has 3 N–H and O–H groups in total. The van der Waals surface area contributed by atoms with Gasteiger partial charge in [-0.3, -0.25) is 4.79 Å². The lowest BCUT2D eigenvalue weighted by Gasteiger charge is -2.35. The van der Waals surface area contributed by atoms with E-state index in [1.807, 2.05) is 6.92 Å². The Kier molecular flexibility index (Phi) is 4.40. The molecule has 17 heavy (non-hydrogen) atoms. The number of rotatable bonds is 4. The van der Waals surface area contributed by atoms with Crippen molar-refractivity contribution >= 4 is 5.91 Å². The molecule has 0 saturated carbocycles. The van der Waals surface area contributed by atoms with Crippen molar-refractivity contribution in [1.29, 1.82) is 0 Å². The SMILES string of the molecule is CC(N)CCC(=O)NC1CCN2CCCC2C1. The molecule has 3 atom stereocenters. The van der Waals surface area contributed by atoms with Crippen LogP contribution < -0.4 is 11.1 Å². The lowest BCUT2D eigenvalue weighted by Crippen LogP contribution is -2.47. The van der Waals surface area contributed by atoms with Gasteiger partial charge < -0.3 is 16.0 Å². The molecule has 2 aliphatic rings. The number of hydrogen-bond acceptors (Lipinski definition) is 3. The number of fused-ring (bicyclic) bond motifs is 1. The third-order valence-electron chi connectivity index (χ3n) is 4.01. The van der Waals surface area contributed by atoms with Crippen LogP contribution in [0.25, 0.3) is 0 Å². The third kappa shape index (κ3) is 3.68. The predicted molar refractivity (Wildman–Crippen MR) is 68.6 cm³/mol. The molecule has 4 heteroatoms. The molecule has 2 heterocycles. The first kappa shape index (κ1) is 12.8. The maximum absolute atomic E-state index is 11.7. The highest BCUT2D eigenvalue weighted by Gasteiger charge is 2.31. The van der Waals surface area contributed by atoms with Crippen LogP contribution in [-0.2, 0) is 4.79 Å². The van der Waals surface area contributed by atoms with Crippen LogP contribution in [0.1, 0.15) is 45.4 Å². The molecular formula is C13H25N3O. The molecule has 0 aromatic heterocycles. The van der Waals surface area contributed by atoms with Gasteiger partial charge in [0.15, 0.2) is 0 Å². The fraction of sp³-hybridized carbons (Fsp3) is 0.923. The Morgan fingerprint density at radius 3 is 3.06 bits per heavy atom. The number of amides is 1. The van der Waals surface area contributed by atoms with Crippen LogP contribution in [0.5, 0.6) is 0 Å². The summed E-state index contributed by atoms with van der Waals surface area (Å²) in [5, 5.41) is 3.17. The summed E-state index contributed by atoms with van der Waals surface area (Å²) < 4.78 is 0. The van der Waals surface area contributed by atoms with Gasteiger partial charge in [0.05, 0.1) is 0 Å². The van der Waals surface area contributed by atoms with E-state index >= 15 is 0 Å². The minimum atomic E-state index is 0.123. The van der Waals surface area contributed by atoms with Gasteiger partial charge >= 0.3 is 0 Å². The summed E-state index contributed by atoms with van der Waals surface area (Å²) in [4.78, 5) is 14.3. The minimum absolute atomic E-state index is 0.123. The minimum Gasteiger partial charge on any atom is -0.353 e. The normalized spacial score (nSPS) is 30.9. The molecule has 0 aromatic rings. The lowest BCUT2D eigenvalue weighted by atomic mass is 9.97. The first-order valence-electron chi connectivity index (χ1n) is 6.94. The van der Waals surface area contributed by atoms with E-state index in [4.69, 9.17) is 5.73 Å². The second-order valence-electron chi connectivity index (χ2n) is 5.64. The molecule has 4 nitrogen and oxygen atoms in total. The lowest BCUT2D eigenvalue weighted by molar-refractivity contribution is -0.122. The summed E-state index contributed by atoms with van der Waals surface area (Å²) in [6, 6.07) is 1.25. The molecule has 2 aliphatic heterocycles. The van der Waals surface area contributed by atoms with E-state index in [9.17, 15) is 4.79 Å². The van der Waals surface area contributed by atoms with Gasteiger partial charge in [0.25, 0.3) is 0 Å². The largest absolute Gasteiger partial charge is 0.353 e. The van der Waals surface area contributed by atoms with Gasteiger partial charge in [0, 0.05) is 31.1 Å². The third-order valence-corrected chi connectivity index (χ3v) is 4.01. The van der Waals surface area contributed by atoms with E-state index in [0.717, 1.165) is 31.8 Å². The smallest absolute Gasteiger partial charge is 0.220 e. The molecule has 0 aliphatic carbocycles. The van der Waals surface area contributed by atoms with Crippen molar-refractivity contribution in [2.75, 3.05) is 13.1 Å². The highest BCUT2D eigenvalue weighted by atomic mass is 16.1. The van der Waals surface area contributed by atoms with Crippen LogP contribution in [0, 0.1) is 0 Å². The van der Waals surface area contributed by atoms with Crippen LogP contribution in [0.4, 0.5) is 0 Å². The van der Waals surface area contributed by atoms with Crippen molar-refractivity contribution in [3.8, 4) is 0 Å². The summed E-state index contributed by atoms with van der Waals surface area (Å²) in [7, 11) is 0. The monoisotopic (exact) mass is 239 g/mol. The highest BCUT2D eigenvalue weighted by molar-refractivity contribution is 5.76. The molecule has 0 aromatic carbocycles. The van der Waals surface area contributed by atoms with Crippen molar-refractivity contribution < 1.29 is 4.79 Å². The second kappa shape index (κ2) is 5.83. The molecule has 0 radical (unpaired) electrons. The van der Waals surface area contributed by atoms with Gasteiger partial charge in [-0.1, -0.05) is 0 Å². The van der Waals surface area contributed by atoms with Crippen molar-refractivity contribution in [3.63, 3.8) is 0 Å². The van der Waals surface area contributed by atoms with Gasteiger partial charge in [-0.05, 0) is 45.6 Å². The maximum atomic E-state index is 11.7. The fourth-order valence-corrected chi connectivity index (χ4v) is 3.01. The van der Waals surface area contributed by atoms with Crippen molar-refractivity contribution in [2.24, 2.45) is 5.73 Å². The summed E-state index contributed by atoms with van der Waals surface area (Å²) in [6.07, 6.45) is 6.25. The number of nitrogens with zero attached hydrogens (tertiary/aromatic N) is 1. The summed E-state index contributed by atoms with van der Waals surface area (Å²) in [6.45, 7) is 4.36. The van der Waals surface area contributed by atoms with Gasteiger partial charge in [-0.15, -0.1) is 0 Å². The molecule has 2 fully saturated rings. The Morgan fingerprint density at radius 1 is 1.47 bits per heavy atom. The van der Waals surface area contributed by atoms with Crippen LogP contribution in [0.3, 0.4) is 0 Å². The molecule has 0 bridgehead atoms. The van der Waals surface area contributed by atoms with E-state index < -0.39 is 0 Å². The van der Waals surface area contributed by atoms with Gasteiger partial charge in [-0.2, -0.15) is 0 Å². The Labute approximate surface area is 104 Å². The zero-order chi connectivity index (χ0) is 12.3. The molecule has 2 saturated heterocycles. The van der Waals surface area contributed by atoms with Crippen LogP contribution >= 0.6 is 0 Å². The van der Waals surface area contributed by atoms with Crippen molar-refractivity contribution in [2.45, 2.75) is 63.6 Å². The van der Waals surface area contributed by atoms with Crippen molar-refractivity contribution in [3.05, 3.63) is 0 Å². The van der Waals surface area contributed by atoms with E-state index in [2.05, 4.69) is 10.2 Å². The van der Waals surface area contributed by atoms with E-state index in [1.165, 1.54) is 19.4 Å². The van der Waals surface area contributed by atoms with E-state index in [1.54, 1.807) is 0 Å². The predicted octanol–water partition coefficient (Wildman–Crippen LogP) is 0.857. The average molecular weight is 239 g/mol. The Morgan fingerprint density at radius 2 is 2.29 bits per heavy atom. The number of hydrogen-bond donors (Lipinski definition) is 2. The van der Waals surface area contributed by atoms with Crippen molar-refractivity contribution in [1.82, 2.24) is 10.2 Å². The number of carbonyl (C=O) groups excluding carboxylic acids is 1. The molecule has 2 rings (SSSR count). The van der Waals surface area contributed by atoms with Crippen LogP contribution in [0.2, 0.25) is 0 Å². The van der Waals surface area contributed by atoms with Crippen LogP contribution in [-0.4, -0.2) is 42.0 Å². The molecule has 98 valence electrons. The fourth-order valence-electron chi connectivity index (χ4n) is 3.01. The first-order chi connectivity index (χ1) is 8.15. The summed E-state index contributed by atoms with van der Waals surface area (Å²) >= 11 is 0. The van der Waals surface area contributed by atoms with E-state index in [0.29, 0.717) is 12.5 Å². The van der Waals surface area contributed by atoms with Gasteiger partial charge in [0.1, 0.15) is 0 Å². The first-order valence-corrected chi connectivity index (χ1v) is 6.94. The second-order valence-corrected chi connectivity index (χ2v) is 5.64. The average Bonchev–Trinajstić information content (AvgIpc) is 2.73. The Balaban J connectivity index is 1.70. The zero-order valence-electron chi connectivity index (χ0n) is 10.8. The Bertz CT molecular complexity index is 267.